The number of thiophene rings is 1. The van der Waals surface area contributed by atoms with Gasteiger partial charge in [-0.05, 0) is 78.7 Å². The number of para-hydroxylation sites is 3. The highest BCUT2D eigenvalue weighted by Gasteiger charge is 2.22. The van der Waals surface area contributed by atoms with Gasteiger partial charge in [0.05, 0.1) is 50.9 Å². The summed E-state index contributed by atoms with van der Waals surface area (Å²) in [5.41, 5.74) is 4.49. The SMILES string of the molecule is [2H]c1nc([2H])c2c3c([2H])c([2H])c([2H])c([2H])c3n(-c3ccc4c(c3)c3c(ccc5c6ccccc6n(-c6ccccc6)c53)n4-c3cc4c(sc5c([2H])c([2H])c([2H])c([2H])c54)c([2H])c3[2H])c2c1[2H]. The van der Waals surface area contributed by atoms with Gasteiger partial charge in [-0.3, -0.25) is 4.98 Å². The van der Waals surface area contributed by atoms with Gasteiger partial charge in [-0.15, -0.1) is 11.3 Å². The van der Waals surface area contributed by atoms with E-state index in [4.69, 9.17) is 15.1 Å². The lowest BCUT2D eigenvalue weighted by molar-refractivity contribution is 1.16. The van der Waals surface area contributed by atoms with Crippen molar-refractivity contribution >= 4 is 96.9 Å². The first-order chi connectivity index (χ1) is 31.2. The Hall–Kier alpha value is -6.69. The Balaban J connectivity index is 1.30. The maximum atomic E-state index is 9.57. The molecule has 12 aromatic rings. The maximum Gasteiger partial charge on any atom is 0.0847 e. The first-order valence-electron chi connectivity index (χ1n) is 23.1. The molecule has 0 atom stereocenters. The zero-order valence-corrected chi connectivity index (χ0v) is 27.7. The van der Waals surface area contributed by atoms with Crippen molar-refractivity contribution in [3.63, 3.8) is 0 Å². The molecule has 0 unspecified atom stereocenters. The van der Waals surface area contributed by atoms with Gasteiger partial charge in [-0.25, -0.2) is 0 Å². The highest BCUT2D eigenvalue weighted by atomic mass is 32.1. The Bertz CT molecular complexity index is 4170. The zero-order valence-electron chi connectivity index (χ0n) is 39.9. The number of pyridine rings is 1. The molecular weight excluding hydrogens is 653 g/mol. The number of rotatable bonds is 3. The number of hydrogen-bond acceptors (Lipinski definition) is 2. The lowest BCUT2D eigenvalue weighted by Crippen LogP contribution is -1.96. The Kier molecular flexibility index (Phi) is 3.71. The van der Waals surface area contributed by atoms with Crippen LogP contribution in [0.1, 0.15) is 17.8 Å². The Morgan fingerprint density at radius 3 is 2.12 bits per heavy atom. The van der Waals surface area contributed by atoms with Gasteiger partial charge in [-0.1, -0.05) is 78.7 Å². The molecule has 5 heteroatoms. The molecule has 0 aliphatic carbocycles. The molecule has 0 bridgehead atoms. The van der Waals surface area contributed by atoms with Crippen LogP contribution >= 0.6 is 11.3 Å². The predicted molar refractivity (Wildman–Crippen MR) is 220 cm³/mol. The molecule has 7 aromatic carbocycles. The summed E-state index contributed by atoms with van der Waals surface area (Å²) in [4.78, 5) is 3.97. The smallest absolute Gasteiger partial charge is 0.0847 e. The van der Waals surface area contributed by atoms with E-state index >= 15 is 0 Å². The molecule has 242 valence electrons. The number of benzene rings is 7. The fourth-order valence-electron chi connectivity index (χ4n) is 7.92. The number of fused-ring (bicyclic) bond motifs is 13. The van der Waals surface area contributed by atoms with Crippen LogP contribution in [-0.2, 0) is 0 Å². The summed E-state index contributed by atoms with van der Waals surface area (Å²) in [6.45, 7) is 0. The van der Waals surface area contributed by atoms with Crippen LogP contribution in [0.2, 0.25) is 0 Å². The molecule has 0 radical (unpaired) electrons. The van der Waals surface area contributed by atoms with Crippen molar-refractivity contribution in [1.82, 2.24) is 18.7 Å². The lowest BCUT2D eigenvalue weighted by Gasteiger charge is -2.10. The van der Waals surface area contributed by atoms with Crippen molar-refractivity contribution < 1.29 is 17.8 Å². The summed E-state index contributed by atoms with van der Waals surface area (Å²) >= 11 is 1.06. The molecular formula is C47H28N4S. The second-order valence-electron chi connectivity index (χ2n) is 12.7. The highest BCUT2D eigenvalue weighted by molar-refractivity contribution is 7.25. The van der Waals surface area contributed by atoms with Gasteiger partial charge in [0.15, 0.2) is 0 Å². The van der Waals surface area contributed by atoms with E-state index in [2.05, 4.69) is 9.55 Å². The number of aromatic nitrogens is 4. The molecule has 0 aliphatic rings. The Morgan fingerprint density at radius 1 is 0.442 bits per heavy atom. The molecule has 0 amide bonds. The van der Waals surface area contributed by atoms with Crippen LogP contribution in [0.4, 0.5) is 0 Å². The van der Waals surface area contributed by atoms with Crippen molar-refractivity contribution in [3.8, 4) is 17.1 Å². The van der Waals surface area contributed by atoms with Crippen LogP contribution in [0.25, 0.3) is 103 Å². The van der Waals surface area contributed by atoms with E-state index in [1.165, 1.54) is 4.57 Å². The van der Waals surface area contributed by atoms with Crippen LogP contribution in [0.15, 0.2) is 170 Å². The lowest BCUT2D eigenvalue weighted by atomic mass is 10.1. The Labute approximate surface area is 319 Å². The average Bonchev–Trinajstić information content (AvgIpc) is 4.06. The van der Waals surface area contributed by atoms with Crippen LogP contribution in [0, 0.1) is 0 Å². The van der Waals surface area contributed by atoms with Gasteiger partial charge >= 0.3 is 0 Å². The van der Waals surface area contributed by atoms with Crippen LogP contribution in [0.3, 0.4) is 0 Å². The first-order valence-corrected chi connectivity index (χ1v) is 17.4. The summed E-state index contributed by atoms with van der Waals surface area (Å²) in [6.07, 6.45) is -0.902. The number of hydrogen-bond donors (Lipinski definition) is 0. The van der Waals surface area contributed by atoms with Crippen LogP contribution in [0.5, 0.6) is 0 Å². The van der Waals surface area contributed by atoms with Gasteiger partial charge in [0, 0.05) is 81.9 Å². The molecule has 0 spiro atoms. The van der Waals surface area contributed by atoms with E-state index in [0.717, 1.165) is 44.2 Å². The van der Waals surface area contributed by atoms with Crippen LogP contribution in [-0.4, -0.2) is 18.7 Å². The second kappa shape index (κ2) is 10.4. The van der Waals surface area contributed by atoms with Crippen molar-refractivity contribution in [1.29, 1.82) is 0 Å². The normalized spacial score (nSPS) is 15.7. The minimum absolute atomic E-state index is 0.00204. The zero-order chi connectivity index (χ0) is 45.2. The Morgan fingerprint density at radius 2 is 1.17 bits per heavy atom. The average molecular weight is 694 g/mol. The first kappa shape index (κ1) is 18.5. The van der Waals surface area contributed by atoms with E-state index in [9.17, 15) is 2.74 Å². The van der Waals surface area contributed by atoms with E-state index in [1.807, 2.05) is 77.4 Å². The molecule has 5 aromatic heterocycles. The van der Waals surface area contributed by atoms with Gasteiger partial charge in [-0.2, -0.15) is 0 Å². The molecule has 5 heterocycles. The minimum Gasteiger partial charge on any atom is -0.309 e. The summed E-state index contributed by atoms with van der Waals surface area (Å²) < 4.78 is 121. The van der Waals surface area contributed by atoms with Crippen molar-refractivity contribution in [3.05, 3.63) is 170 Å². The fourth-order valence-corrected chi connectivity index (χ4v) is 8.86. The summed E-state index contributed by atoms with van der Waals surface area (Å²) in [5.74, 6) is 0. The molecule has 0 saturated heterocycles. The second-order valence-corrected chi connectivity index (χ2v) is 13.7. The summed E-state index contributed by atoms with van der Waals surface area (Å²) in [6, 6.07) is 25.2. The quantitative estimate of drug-likeness (QED) is 0.181. The maximum absolute atomic E-state index is 9.57. The van der Waals surface area contributed by atoms with Gasteiger partial charge < -0.3 is 13.7 Å². The molecule has 0 saturated carbocycles. The van der Waals surface area contributed by atoms with Gasteiger partial charge in [0.25, 0.3) is 0 Å². The van der Waals surface area contributed by atoms with E-state index < -0.39 is 42.6 Å². The van der Waals surface area contributed by atoms with Gasteiger partial charge in [0.2, 0.25) is 0 Å². The van der Waals surface area contributed by atoms with Crippen molar-refractivity contribution in [2.45, 2.75) is 0 Å². The monoisotopic (exact) mass is 693 g/mol. The third kappa shape index (κ3) is 3.72. The molecule has 0 N–H and O–H groups in total. The topological polar surface area (TPSA) is 27.7 Å². The minimum atomic E-state index is -0.511. The molecule has 12 rings (SSSR count). The molecule has 0 aliphatic heterocycles. The largest absolute Gasteiger partial charge is 0.309 e. The fraction of sp³-hybridized carbons (Fsp3) is 0. The van der Waals surface area contributed by atoms with E-state index in [-0.39, 0.29) is 73.8 Å². The molecule has 52 heavy (non-hydrogen) atoms. The van der Waals surface area contributed by atoms with Crippen molar-refractivity contribution in [2.75, 3.05) is 0 Å². The predicted octanol–water partition coefficient (Wildman–Crippen LogP) is 12.7. The summed E-state index contributed by atoms with van der Waals surface area (Å²) in [7, 11) is 0. The highest BCUT2D eigenvalue weighted by Crippen LogP contribution is 2.44. The van der Waals surface area contributed by atoms with E-state index in [0.29, 0.717) is 32.2 Å². The summed E-state index contributed by atoms with van der Waals surface area (Å²) in [5, 5.41) is 3.91. The van der Waals surface area contributed by atoms with Gasteiger partial charge in [0.1, 0.15) is 0 Å². The number of nitrogens with zero attached hydrogens (tertiary/aromatic N) is 4. The van der Waals surface area contributed by atoms with Crippen molar-refractivity contribution in [2.24, 2.45) is 0 Å². The molecule has 0 fully saturated rings. The standard InChI is InChI=1S/C47H28N4S/c1-2-10-29(11-3-1)51-40-16-8-4-12-32(40)35-20-22-43-46(47(35)51)37-27-30(49-39-15-7-5-13-33(39)38-28-48-25-24-42(38)49)18-21-41(37)50(43)31-19-23-45-36(26-31)34-14-6-9-17-44(34)52-45/h1-28H/i5D,6D,7D,9D,13D,14D,15D,17D,19D,23D,24D,25D,28D. The van der Waals surface area contributed by atoms with E-state index in [1.54, 1.807) is 18.2 Å². The van der Waals surface area contributed by atoms with Crippen LogP contribution < -0.4 is 0 Å². The third-order valence-electron chi connectivity index (χ3n) is 10.0. The third-order valence-corrected chi connectivity index (χ3v) is 11.1. The molecule has 4 nitrogen and oxygen atoms in total.